The lowest BCUT2D eigenvalue weighted by Crippen LogP contribution is -2.18. The van der Waals surface area contributed by atoms with Gasteiger partial charge >= 0.3 is 0 Å². The van der Waals surface area contributed by atoms with E-state index in [1.807, 2.05) is 6.92 Å². The van der Waals surface area contributed by atoms with Gasteiger partial charge in [-0.15, -0.1) is 11.3 Å². The largest absolute Gasteiger partial charge is 0.356 e. The molecule has 1 unspecified atom stereocenters. The fraction of sp³-hybridized carbons (Fsp3) is 0.571. The number of hydrogen-bond acceptors (Lipinski definition) is 5. The van der Waals surface area contributed by atoms with Crippen LogP contribution in [0.4, 0.5) is 0 Å². The van der Waals surface area contributed by atoms with Crippen LogP contribution in [0.15, 0.2) is 6.33 Å². The van der Waals surface area contributed by atoms with E-state index in [1.165, 1.54) is 16.8 Å². The molecule has 1 aliphatic carbocycles. The van der Waals surface area contributed by atoms with E-state index in [2.05, 4.69) is 9.97 Å². The van der Waals surface area contributed by atoms with Crippen LogP contribution in [-0.4, -0.2) is 30.0 Å². The van der Waals surface area contributed by atoms with Gasteiger partial charge in [-0.1, -0.05) is 11.6 Å². The molecule has 0 fully saturated rings. The highest BCUT2D eigenvalue weighted by molar-refractivity contribution is 7.19. The fourth-order valence-electron chi connectivity index (χ4n) is 2.64. The van der Waals surface area contributed by atoms with Gasteiger partial charge in [-0.05, 0) is 37.7 Å². The van der Waals surface area contributed by atoms with Gasteiger partial charge in [0.25, 0.3) is 0 Å². The molecule has 0 spiro atoms. The Morgan fingerprint density at radius 2 is 2.30 bits per heavy atom. The van der Waals surface area contributed by atoms with E-state index in [-0.39, 0.29) is 0 Å². The molecule has 0 saturated heterocycles. The number of hydrogen-bond donors (Lipinski definition) is 0. The first-order valence-electron chi connectivity index (χ1n) is 6.85. The van der Waals surface area contributed by atoms with Crippen molar-refractivity contribution >= 4 is 33.2 Å². The molecule has 0 radical (unpaired) electrons. The molecule has 2 heterocycles. The van der Waals surface area contributed by atoms with Crippen molar-refractivity contribution in [3.8, 4) is 0 Å². The zero-order valence-electron chi connectivity index (χ0n) is 11.4. The fourth-order valence-corrected chi connectivity index (χ4v) is 4.24. The second-order valence-corrected chi connectivity index (χ2v) is 6.38. The summed E-state index contributed by atoms with van der Waals surface area (Å²) in [6.45, 7) is 3.82. The van der Waals surface area contributed by atoms with Gasteiger partial charge < -0.3 is 9.47 Å². The third-order valence-corrected chi connectivity index (χ3v) is 5.07. The number of thiophene rings is 1. The average Bonchev–Trinajstić information content (AvgIpc) is 2.82. The van der Waals surface area contributed by atoms with Crippen molar-refractivity contribution in [2.75, 3.05) is 20.0 Å². The first kappa shape index (κ1) is 14.2. The van der Waals surface area contributed by atoms with Crippen molar-refractivity contribution in [1.29, 1.82) is 0 Å². The van der Waals surface area contributed by atoms with Crippen molar-refractivity contribution in [2.45, 2.75) is 26.2 Å². The van der Waals surface area contributed by atoms with Crippen LogP contribution in [-0.2, 0) is 22.3 Å². The lowest BCUT2D eigenvalue weighted by atomic mass is 9.88. The van der Waals surface area contributed by atoms with Crippen molar-refractivity contribution < 1.29 is 9.47 Å². The third kappa shape index (κ3) is 2.81. The van der Waals surface area contributed by atoms with Crippen LogP contribution >= 0.6 is 22.9 Å². The van der Waals surface area contributed by atoms with Crippen LogP contribution < -0.4 is 0 Å². The molecule has 0 aromatic carbocycles. The molecule has 108 valence electrons. The zero-order valence-corrected chi connectivity index (χ0v) is 13.0. The quantitative estimate of drug-likeness (QED) is 0.482. The van der Waals surface area contributed by atoms with E-state index < -0.39 is 0 Å². The first-order chi connectivity index (χ1) is 9.79. The van der Waals surface area contributed by atoms with Gasteiger partial charge in [0.1, 0.15) is 23.1 Å². The van der Waals surface area contributed by atoms with Crippen LogP contribution in [0, 0.1) is 5.92 Å². The number of aryl methyl sites for hydroxylation is 1. The number of nitrogens with zero attached hydrogens (tertiary/aromatic N) is 2. The molecule has 0 amide bonds. The molecule has 0 aliphatic heterocycles. The Balaban J connectivity index is 1.72. The summed E-state index contributed by atoms with van der Waals surface area (Å²) in [5.74, 6) is 0.558. The second kappa shape index (κ2) is 6.35. The molecule has 0 bridgehead atoms. The van der Waals surface area contributed by atoms with Crippen LogP contribution in [0.3, 0.4) is 0 Å². The maximum Gasteiger partial charge on any atom is 0.146 e. The number of ether oxygens (including phenoxy) is 2. The van der Waals surface area contributed by atoms with E-state index in [1.54, 1.807) is 11.3 Å². The van der Waals surface area contributed by atoms with Gasteiger partial charge in [0, 0.05) is 11.5 Å². The molecule has 1 aliphatic rings. The summed E-state index contributed by atoms with van der Waals surface area (Å²) < 4.78 is 10.8. The van der Waals surface area contributed by atoms with E-state index in [9.17, 15) is 0 Å². The van der Waals surface area contributed by atoms with E-state index in [4.69, 9.17) is 21.1 Å². The monoisotopic (exact) mass is 312 g/mol. The maximum absolute atomic E-state index is 6.20. The van der Waals surface area contributed by atoms with Crippen molar-refractivity contribution in [3.63, 3.8) is 0 Å². The minimum atomic E-state index is 0.392. The number of fused-ring (bicyclic) bond motifs is 3. The zero-order chi connectivity index (χ0) is 13.9. The van der Waals surface area contributed by atoms with E-state index >= 15 is 0 Å². The third-order valence-electron chi connectivity index (χ3n) is 3.63. The van der Waals surface area contributed by atoms with Crippen LogP contribution in [0.1, 0.15) is 23.8 Å². The average molecular weight is 313 g/mol. The molecule has 2 aromatic rings. The lowest BCUT2D eigenvalue weighted by Gasteiger charge is -2.22. The highest BCUT2D eigenvalue weighted by atomic mass is 35.5. The Kier molecular flexibility index (Phi) is 4.51. The predicted octanol–water partition coefficient (Wildman–Crippen LogP) is 3.46. The highest BCUT2D eigenvalue weighted by Gasteiger charge is 2.24. The standard InChI is InChI=1S/C14H17ClN2O2S/c1-2-18-8-19-6-9-3-4-10-11(5-9)20-14-12(10)13(15)16-7-17-14/h7,9H,2-6,8H2,1H3. The van der Waals surface area contributed by atoms with Gasteiger partial charge in [-0.2, -0.15) is 0 Å². The van der Waals surface area contributed by atoms with E-state index in [0.717, 1.165) is 36.1 Å². The second-order valence-electron chi connectivity index (χ2n) is 4.94. The molecule has 1 atom stereocenters. The van der Waals surface area contributed by atoms with E-state index in [0.29, 0.717) is 24.5 Å². The molecule has 2 aromatic heterocycles. The highest BCUT2D eigenvalue weighted by Crippen LogP contribution is 2.39. The minimum absolute atomic E-state index is 0.392. The number of halogens is 1. The van der Waals surface area contributed by atoms with Crippen LogP contribution in [0.5, 0.6) is 0 Å². The first-order valence-corrected chi connectivity index (χ1v) is 8.05. The Hall–Kier alpha value is -0.750. The summed E-state index contributed by atoms with van der Waals surface area (Å²) in [5.41, 5.74) is 1.34. The topological polar surface area (TPSA) is 44.2 Å². The lowest BCUT2D eigenvalue weighted by molar-refractivity contribution is -0.0613. The van der Waals surface area contributed by atoms with Gasteiger partial charge in [-0.3, -0.25) is 0 Å². The molecule has 6 heteroatoms. The minimum Gasteiger partial charge on any atom is -0.356 e. The van der Waals surface area contributed by atoms with Gasteiger partial charge in [0.15, 0.2) is 0 Å². The molecule has 0 N–H and O–H groups in total. The summed E-state index contributed by atoms with van der Waals surface area (Å²) >= 11 is 7.94. The molecule has 20 heavy (non-hydrogen) atoms. The van der Waals surface area contributed by atoms with Gasteiger partial charge in [-0.25, -0.2) is 9.97 Å². The summed E-state index contributed by atoms with van der Waals surface area (Å²) in [4.78, 5) is 10.8. The maximum atomic E-state index is 6.20. The summed E-state index contributed by atoms with van der Waals surface area (Å²) in [6, 6.07) is 0. The van der Waals surface area contributed by atoms with Crippen LogP contribution in [0.2, 0.25) is 5.15 Å². The molecule has 4 nitrogen and oxygen atoms in total. The molecular weight excluding hydrogens is 296 g/mol. The molecule has 0 saturated carbocycles. The Morgan fingerprint density at radius 3 is 3.15 bits per heavy atom. The summed E-state index contributed by atoms with van der Waals surface area (Å²) in [5, 5.41) is 1.64. The van der Waals surface area contributed by atoms with Gasteiger partial charge in [0.05, 0.1) is 12.0 Å². The van der Waals surface area contributed by atoms with Crippen molar-refractivity contribution in [1.82, 2.24) is 9.97 Å². The Morgan fingerprint density at radius 1 is 1.40 bits per heavy atom. The summed E-state index contributed by atoms with van der Waals surface area (Å²) in [7, 11) is 0. The number of aromatic nitrogens is 2. The molecular formula is C14H17ClN2O2S. The van der Waals surface area contributed by atoms with Crippen molar-refractivity contribution in [3.05, 3.63) is 21.9 Å². The predicted molar refractivity (Wildman–Crippen MR) is 80.4 cm³/mol. The normalized spacial score (nSPS) is 18.4. The molecule has 3 rings (SSSR count). The van der Waals surface area contributed by atoms with Crippen LogP contribution in [0.25, 0.3) is 10.2 Å². The summed E-state index contributed by atoms with van der Waals surface area (Å²) in [6.07, 6.45) is 4.73. The van der Waals surface area contributed by atoms with Crippen molar-refractivity contribution in [2.24, 2.45) is 5.92 Å². The Bertz CT molecular complexity index is 602. The smallest absolute Gasteiger partial charge is 0.146 e. The number of rotatable bonds is 5. The Labute approximate surface area is 127 Å². The van der Waals surface area contributed by atoms with Gasteiger partial charge in [0.2, 0.25) is 0 Å². The SMILES string of the molecule is CCOCOCC1CCc2c(sc3ncnc(Cl)c23)C1.